The third kappa shape index (κ3) is 6.44. The van der Waals surface area contributed by atoms with Crippen molar-refractivity contribution in [3.63, 3.8) is 0 Å². The minimum absolute atomic E-state index is 0.0396. The maximum Gasteiger partial charge on any atom is 0.270 e. The third-order valence-electron chi connectivity index (χ3n) is 5.80. The van der Waals surface area contributed by atoms with E-state index in [2.05, 4.69) is 4.72 Å². The molecular formula is C27H30Cl2N2O4S2. The molecule has 0 spiro atoms. The molecule has 4 rings (SSSR count). The zero-order valence-electron chi connectivity index (χ0n) is 21.0. The first-order valence-electron chi connectivity index (χ1n) is 11.5. The van der Waals surface area contributed by atoms with Gasteiger partial charge in [-0.1, -0.05) is 66.2 Å². The predicted molar refractivity (Wildman–Crippen MR) is 152 cm³/mol. The molecule has 0 unspecified atom stereocenters. The molecular weight excluding hydrogens is 551 g/mol. The van der Waals surface area contributed by atoms with Gasteiger partial charge in [-0.15, -0.1) is 23.2 Å². The van der Waals surface area contributed by atoms with Gasteiger partial charge in [0.2, 0.25) is 0 Å². The molecule has 0 aliphatic carbocycles. The highest BCUT2D eigenvalue weighted by Gasteiger charge is 2.47. The standard InChI is InChI=1S/C26H28N2O4S2.CH2Cl2/c1-18-14-16-20(17-15-18)34(31,32)28-22-13-9-8-12-21(22)24(27-33(30)26(2,3)4)23(25(28)29)19-10-6-5-7-11-19;2-1-3/h5-17,23-24,27H,1-4H3;1H2/t23-,24+,33-;/m1./s1. The highest BCUT2D eigenvalue weighted by Crippen LogP contribution is 2.45. The van der Waals surface area contributed by atoms with Gasteiger partial charge in [0.1, 0.15) is 0 Å². The Bertz CT molecular complexity index is 1360. The lowest BCUT2D eigenvalue weighted by atomic mass is 9.83. The van der Waals surface area contributed by atoms with Crippen molar-refractivity contribution in [2.75, 3.05) is 9.64 Å². The fourth-order valence-corrected chi connectivity index (χ4v) is 6.30. The van der Waals surface area contributed by atoms with Crippen LogP contribution in [0.25, 0.3) is 0 Å². The summed E-state index contributed by atoms with van der Waals surface area (Å²) < 4.78 is 44.1. The Morgan fingerprint density at radius 2 is 1.46 bits per heavy atom. The third-order valence-corrected chi connectivity index (χ3v) is 9.10. The van der Waals surface area contributed by atoms with Gasteiger partial charge in [0, 0.05) is 0 Å². The molecule has 1 aliphatic rings. The van der Waals surface area contributed by atoms with E-state index in [4.69, 9.17) is 23.2 Å². The van der Waals surface area contributed by atoms with Crippen molar-refractivity contribution in [1.82, 2.24) is 4.72 Å². The monoisotopic (exact) mass is 580 g/mol. The molecule has 3 atom stereocenters. The van der Waals surface area contributed by atoms with E-state index in [0.29, 0.717) is 11.1 Å². The van der Waals surface area contributed by atoms with Crippen molar-refractivity contribution in [2.45, 2.75) is 49.3 Å². The van der Waals surface area contributed by atoms with Crippen LogP contribution >= 0.6 is 23.2 Å². The number of carbonyl (C=O) groups excluding carboxylic acids is 1. The fourth-order valence-electron chi connectivity index (χ4n) is 3.99. The van der Waals surface area contributed by atoms with Crippen molar-refractivity contribution in [2.24, 2.45) is 0 Å². The van der Waals surface area contributed by atoms with E-state index in [-0.39, 0.29) is 15.9 Å². The average molecular weight is 582 g/mol. The molecule has 198 valence electrons. The van der Waals surface area contributed by atoms with E-state index in [1.54, 1.807) is 60.7 Å². The molecule has 1 amide bonds. The SMILES string of the molecule is Cc1ccc(S(=O)(=O)N2C(=O)[C@H](c3ccccc3)[C@@H](N[S@](=O)C(C)(C)C)c3ccccc32)cc1.ClCCl. The number of para-hydroxylation sites is 1. The van der Waals surface area contributed by atoms with Crippen LogP contribution in [0.15, 0.2) is 83.8 Å². The summed E-state index contributed by atoms with van der Waals surface area (Å²) in [5, 5.41) is 0.194. The second-order valence-corrected chi connectivity index (χ2v) is 14.0. The molecule has 10 heteroatoms. The summed E-state index contributed by atoms with van der Waals surface area (Å²) >= 11 is 9.53. The van der Waals surface area contributed by atoms with Gasteiger partial charge in [-0.05, 0) is 57.0 Å². The molecule has 0 fully saturated rings. The van der Waals surface area contributed by atoms with Crippen LogP contribution in [0.3, 0.4) is 0 Å². The van der Waals surface area contributed by atoms with Gasteiger partial charge in [-0.25, -0.2) is 21.7 Å². The summed E-state index contributed by atoms with van der Waals surface area (Å²) in [6.45, 7) is 7.41. The maximum absolute atomic E-state index is 14.0. The summed E-state index contributed by atoms with van der Waals surface area (Å²) in [5.74, 6) is -1.48. The number of hydrogen-bond acceptors (Lipinski definition) is 4. The quantitative estimate of drug-likeness (QED) is 0.373. The lowest BCUT2D eigenvalue weighted by Gasteiger charge is -2.39. The first-order chi connectivity index (χ1) is 17.4. The number of benzene rings is 3. The minimum atomic E-state index is -4.18. The summed E-state index contributed by atoms with van der Waals surface area (Å²) in [6.07, 6.45) is 0. The summed E-state index contributed by atoms with van der Waals surface area (Å²) in [5.41, 5.74) is 2.43. The Balaban J connectivity index is 0.00000121. The van der Waals surface area contributed by atoms with Crippen LogP contribution in [-0.4, -0.2) is 28.6 Å². The number of alkyl halides is 2. The number of halogens is 2. The van der Waals surface area contributed by atoms with Crippen molar-refractivity contribution in [1.29, 1.82) is 0 Å². The topological polar surface area (TPSA) is 83.6 Å². The molecule has 0 saturated heterocycles. The van der Waals surface area contributed by atoms with Crippen molar-refractivity contribution < 1.29 is 17.4 Å². The van der Waals surface area contributed by atoms with E-state index in [0.717, 1.165) is 9.87 Å². The number of carbonyl (C=O) groups is 1. The fraction of sp³-hybridized carbons (Fsp3) is 0.296. The number of aryl methyl sites for hydroxylation is 1. The van der Waals surface area contributed by atoms with E-state index < -0.39 is 43.6 Å². The Morgan fingerprint density at radius 1 is 0.919 bits per heavy atom. The van der Waals surface area contributed by atoms with Crippen LogP contribution < -0.4 is 9.03 Å². The van der Waals surface area contributed by atoms with Gasteiger partial charge < -0.3 is 0 Å². The smallest absolute Gasteiger partial charge is 0.270 e. The van der Waals surface area contributed by atoms with Gasteiger partial charge in [0.15, 0.2) is 0 Å². The molecule has 3 aromatic rings. The van der Waals surface area contributed by atoms with Gasteiger partial charge in [0.25, 0.3) is 15.9 Å². The van der Waals surface area contributed by atoms with Crippen molar-refractivity contribution in [3.05, 3.63) is 95.6 Å². The zero-order chi connectivity index (χ0) is 27.4. The Labute approximate surface area is 231 Å². The Kier molecular flexibility index (Phi) is 9.58. The molecule has 0 aromatic heterocycles. The van der Waals surface area contributed by atoms with E-state index in [1.165, 1.54) is 12.1 Å². The van der Waals surface area contributed by atoms with Crippen LogP contribution in [0, 0.1) is 6.92 Å². The number of hydrogen-bond donors (Lipinski definition) is 1. The predicted octanol–water partition coefficient (Wildman–Crippen LogP) is 6.03. The number of nitrogens with one attached hydrogen (secondary N) is 1. The van der Waals surface area contributed by atoms with Gasteiger partial charge in [-0.3, -0.25) is 4.79 Å². The largest absolute Gasteiger partial charge is 0.273 e. The second kappa shape index (κ2) is 12.1. The lowest BCUT2D eigenvalue weighted by Crippen LogP contribution is -2.50. The van der Waals surface area contributed by atoms with E-state index >= 15 is 0 Å². The number of nitrogens with zero attached hydrogens (tertiary/aromatic N) is 1. The first-order valence-corrected chi connectivity index (χ1v) is 15.2. The lowest BCUT2D eigenvalue weighted by molar-refractivity contribution is -0.119. The van der Waals surface area contributed by atoms with Gasteiger partial charge in [0.05, 0.1) is 43.6 Å². The molecule has 37 heavy (non-hydrogen) atoms. The number of anilines is 1. The molecule has 0 bridgehead atoms. The molecule has 3 aromatic carbocycles. The highest BCUT2D eigenvalue weighted by molar-refractivity contribution is 7.93. The van der Waals surface area contributed by atoms with E-state index in [1.807, 2.05) is 33.8 Å². The van der Waals surface area contributed by atoms with Crippen LogP contribution in [0.4, 0.5) is 5.69 Å². The van der Waals surface area contributed by atoms with Crippen LogP contribution in [0.5, 0.6) is 0 Å². The van der Waals surface area contributed by atoms with E-state index in [9.17, 15) is 17.4 Å². The zero-order valence-corrected chi connectivity index (χ0v) is 24.2. The van der Waals surface area contributed by atoms with Crippen LogP contribution in [0.1, 0.15) is 49.4 Å². The maximum atomic E-state index is 14.0. The van der Waals surface area contributed by atoms with Gasteiger partial charge >= 0.3 is 0 Å². The van der Waals surface area contributed by atoms with Crippen molar-refractivity contribution >= 4 is 55.8 Å². The summed E-state index contributed by atoms with van der Waals surface area (Å²) in [4.78, 5) is 14.1. The molecule has 0 radical (unpaired) electrons. The number of sulfonamides is 1. The minimum Gasteiger partial charge on any atom is -0.273 e. The molecule has 6 nitrogen and oxygen atoms in total. The van der Waals surface area contributed by atoms with Gasteiger partial charge in [-0.2, -0.15) is 0 Å². The molecule has 0 saturated carbocycles. The average Bonchev–Trinajstić information content (AvgIpc) is 2.84. The normalized spacial score (nSPS) is 18.4. The second-order valence-electron chi connectivity index (χ2n) is 9.45. The van der Waals surface area contributed by atoms with Crippen molar-refractivity contribution in [3.8, 4) is 0 Å². The highest BCUT2D eigenvalue weighted by atomic mass is 35.5. The Morgan fingerprint density at radius 3 is 2.03 bits per heavy atom. The molecule has 1 aliphatic heterocycles. The summed E-state index contributed by atoms with van der Waals surface area (Å²) in [7, 11) is -5.68. The molecule has 1 heterocycles. The first kappa shape index (κ1) is 29.3. The summed E-state index contributed by atoms with van der Waals surface area (Å²) in [6, 6.07) is 21.7. The van der Waals surface area contributed by atoms with Crippen LogP contribution in [-0.2, 0) is 25.8 Å². The number of fused-ring (bicyclic) bond motifs is 1. The number of amides is 1. The Hall–Kier alpha value is -2.23. The van der Waals surface area contributed by atoms with Crippen LogP contribution in [0.2, 0.25) is 0 Å². The number of rotatable bonds is 5. The molecule has 1 N–H and O–H groups in total.